The number of aromatic carboxylic acids is 1. The summed E-state index contributed by atoms with van der Waals surface area (Å²) in [6.07, 6.45) is 0. The molecule has 106 valence electrons. The van der Waals surface area contributed by atoms with Crippen molar-refractivity contribution in [1.82, 2.24) is 9.97 Å². The predicted molar refractivity (Wildman–Crippen MR) is 79.6 cm³/mol. The van der Waals surface area contributed by atoms with Crippen molar-refractivity contribution in [2.75, 3.05) is 0 Å². The SMILES string of the molecule is Cc1cc2nc(-c3ccc(O)c(C(=O)O)c3)[nH]c2cc1C. The highest BCUT2D eigenvalue weighted by Crippen LogP contribution is 2.27. The number of aromatic hydroxyl groups is 1. The van der Waals surface area contributed by atoms with Crippen LogP contribution in [0.5, 0.6) is 5.75 Å². The molecule has 2 aromatic carbocycles. The van der Waals surface area contributed by atoms with Crippen LogP contribution in [0.25, 0.3) is 22.4 Å². The Balaban J connectivity index is 2.16. The zero-order chi connectivity index (χ0) is 15.1. The van der Waals surface area contributed by atoms with Crippen LogP contribution in [0.4, 0.5) is 0 Å². The fourth-order valence-electron chi connectivity index (χ4n) is 2.26. The van der Waals surface area contributed by atoms with Gasteiger partial charge in [-0.15, -0.1) is 0 Å². The zero-order valence-corrected chi connectivity index (χ0v) is 11.6. The molecule has 0 aliphatic carbocycles. The number of aromatic amines is 1. The van der Waals surface area contributed by atoms with Gasteiger partial charge in [0.05, 0.1) is 11.0 Å². The number of aromatic nitrogens is 2. The predicted octanol–water partition coefficient (Wildman–Crippen LogP) is 3.25. The van der Waals surface area contributed by atoms with E-state index in [1.54, 1.807) is 6.07 Å². The first-order valence-electron chi connectivity index (χ1n) is 6.49. The molecule has 0 radical (unpaired) electrons. The summed E-state index contributed by atoms with van der Waals surface area (Å²) < 4.78 is 0. The van der Waals surface area contributed by atoms with Gasteiger partial charge in [0.1, 0.15) is 17.1 Å². The van der Waals surface area contributed by atoms with E-state index < -0.39 is 5.97 Å². The summed E-state index contributed by atoms with van der Waals surface area (Å²) in [4.78, 5) is 18.7. The number of carboxylic acid groups (broad SMARTS) is 1. The van der Waals surface area contributed by atoms with Crippen LogP contribution in [0.1, 0.15) is 21.5 Å². The van der Waals surface area contributed by atoms with E-state index in [9.17, 15) is 9.90 Å². The minimum atomic E-state index is -1.17. The van der Waals surface area contributed by atoms with E-state index in [1.807, 2.05) is 26.0 Å². The summed E-state index contributed by atoms with van der Waals surface area (Å²) in [5.41, 5.74) is 4.53. The number of hydrogen-bond acceptors (Lipinski definition) is 3. The van der Waals surface area contributed by atoms with Crippen molar-refractivity contribution >= 4 is 17.0 Å². The number of nitrogens with one attached hydrogen (secondary N) is 1. The molecule has 0 spiro atoms. The molecule has 1 aromatic heterocycles. The third-order valence-electron chi connectivity index (χ3n) is 3.60. The van der Waals surface area contributed by atoms with E-state index in [-0.39, 0.29) is 11.3 Å². The minimum Gasteiger partial charge on any atom is -0.507 e. The number of carbonyl (C=O) groups is 1. The van der Waals surface area contributed by atoms with E-state index in [0.29, 0.717) is 11.4 Å². The monoisotopic (exact) mass is 282 g/mol. The van der Waals surface area contributed by atoms with Crippen molar-refractivity contribution in [3.63, 3.8) is 0 Å². The normalized spacial score (nSPS) is 11.0. The van der Waals surface area contributed by atoms with Gasteiger partial charge < -0.3 is 15.2 Å². The molecule has 0 aliphatic rings. The maximum atomic E-state index is 11.1. The second-order valence-electron chi connectivity index (χ2n) is 5.08. The Kier molecular flexibility index (Phi) is 2.90. The van der Waals surface area contributed by atoms with Crippen LogP contribution in [0.2, 0.25) is 0 Å². The van der Waals surface area contributed by atoms with Crippen molar-refractivity contribution in [1.29, 1.82) is 0 Å². The molecule has 0 aliphatic heterocycles. The molecule has 3 aromatic rings. The van der Waals surface area contributed by atoms with Crippen LogP contribution in [0.3, 0.4) is 0 Å². The van der Waals surface area contributed by atoms with Gasteiger partial charge in [-0.1, -0.05) is 0 Å². The first-order chi connectivity index (χ1) is 9.95. The molecule has 0 saturated carbocycles. The topological polar surface area (TPSA) is 86.2 Å². The summed E-state index contributed by atoms with van der Waals surface area (Å²) >= 11 is 0. The van der Waals surface area contributed by atoms with Crippen LogP contribution in [0, 0.1) is 13.8 Å². The van der Waals surface area contributed by atoms with Crippen molar-refractivity contribution in [3.8, 4) is 17.1 Å². The number of fused-ring (bicyclic) bond motifs is 1. The van der Waals surface area contributed by atoms with Gasteiger partial charge in [-0.05, 0) is 55.3 Å². The number of phenols is 1. The van der Waals surface area contributed by atoms with Crippen molar-refractivity contribution < 1.29 is 15.0 Å². The molecule has 0 atom stereocenters. The van der Waals surface area contributed by atoms with E-state index in [4.69, 9.17) is 5.11 Å². The standard InChI is InChI=1S/C16H14N2O3/c1-8-5-12-13(6-9(8)2)18-15(17-12)10-3-4-14(19)11(7-10)16(20)21/h3-7,19H,1-2H3,(H,17,18)(H,20,21). The first-order valence-corrected chi connectivity index (χ1v) is 6.49. The number of benzene rings is 2. The molecule has 5 nitrogen and oxygen atoms in total. The van der Waals surface area contributed by atoms with Gasteiger partial charge in [0.2, 0.25) is 0 Å². The Bertz CT molecular complexity index is 826. The Morgan fingerprint density at radius 1 is 1.14 bits per heavy atom. The average molecular weight is 282 g/mol. The lowest BCUT2D eigenvalue weighted by molar-refractivity contribution is 0.0694. The van der Waals surface area contributed by atoms with Gasteiger partial charge in [0, 0.05) is 5.56 Å². The number of carboxylic acids is 1. The third-order valence-corrected chi connectivity index (χ3v) is 3.60. The molecule has 5 heteroatoms. The molecule has 0 amide bonds. The van der Waals surface area contributed by atoms with E-state index in [0.717, 1.165) is 22.2 Å². The van der Waals surface area contributed by atoms with E-state index in [1.165, 1.54) is 12.1 Å². The van der Waals surface area contributed by atoms with Crippen LogP contribution in [-0.2, 0) is 0 Å². The molecule has 3 rings (SSSR count). The number of nitrogens with zero attached hydrogens (tertiary/aromatic N) is 1. The highest BCUT2D eigenvalue weighted by molar-refractivity contribution is 5.92. The lowest BCUT2D eigenvalue weighted by atomic mass is 10.1. The number of aryl methyl sites for hydroxylation is 2. The number of imidazole rings is 1. The second kappa shape index (κ2) is 4.63. The highest BCUT2D eigenvalue weighted by atomic mass is 16.4. The highest BCUT2D eigenvalue weighted by Gasteiger charge is 2.13. The van der Waals surface area contributed by atoms with Crippen LogP contribution >= 0.6 is 0 Å². The lowest BCUT2D eigenvalue weighted by Gasteiger charge is -2.02. The smallest absolute Gasteiger partial charge is 0.339 e. The molecule has 0 unspecified atom stereocenters. The van der Waals surface area contributed by atoms with Crippen LogP contribution in [-0.4, -0.2) is 26.2 Å². The Morgan fingerprint density at radius 2 is 1.86 bits per heavy atom. The van der Waals surface area contributed by atoms with Gasteiger partial charge >= 0.3 is 5.97 Å². The number of hydrogen-bond donors (Lipinski definition) is 3. The second-order valence-corrected chi connectivity index (χ2v) is 5.08. The van der Waals surface area contributed by atoms with Gasteiger partial charge in [-0.3, -0.25) is 0 Å². The molecular formula is C16H14N2O3. The summed E-state index contributed by atoms with van der Waals surface area (Å²) in [7, 11) is 0. The molecule has 0 bridgehead atoms. The van der Waals surface area contributed by atoms with Gasteiger partial charge in [-0.25, -0.2) is 9.78 Å². The molecular weight excluding hydrogens is 268 g/mol. The third kappa shape index (κ3) is 2.23. The summed E-state index contributed by atoms with van der Waals surface area (Å²) in [5.74, 6) is -0.844. The van der Waals surface area contributed by atoms with Crippen LogP contribution in [0.15, 0.2) is 30.3 Å². The van der Waals surface area contributed by atoms with Crippen molar-refractivity contribution in [2.24, 2.45) is 0 Å². The minimum absolute atomic E-state index is 0.139. The summed E-state index contributed by atoms with van der Waals surface area (Å²) in [6.45, 7) is 4.05. The zero-order valence-electron chi connectivity index (χ0n) is 11.6. The fourth-order valence-corrected chi connectivity index (χ4v) is 2.26. The quantitative estimate of drug-likeness (QED) is 0.673. The number of H-pyrrole nitrogens is 1. The molecule has 0 saturated heterocycles. The van der Waals surface area contributed by atoms with E-state index in [2.05, 4.69) is 9.97 Å². The number of rotatable bonds is 2. The fraction of sp³-hybridized carbons (Fsp3) is 0.125. The van der Waals surface area contributed by atoms with Gasteiger partial charge in [-0.2, -0.15) is 0 Å². The van der Waals surface area contributed by atoms with Gasteiger partial charge in [0.25, 0.3) is 0 Å². The lowest BCUT2D eigenvalue weighted by Crippen LogP contribution is -1.97. The summed E-state index contributed by atoms with van der Waals surface area (Å²) in [5, 5.41) is 18.6. The average Bonchev–Trinajstić information content (AvgIpc) is 2.82. The maximum absolute atomic E-state index is 11.1. The van der Waals surface area contributed by atoms with Crippen molar-refractivity contribution in [3.05, 3.63) is 47.0 Å². The Morgan fingerprint density at radius 3 is 2.57 bits per heavy atom. The van der Waals surface area contributed by atoms with E-state index >= 15 is 0 Å². The summed E-state index contributed by atoms with van der Waals surface area (Å²) in [6, 6.07) is 8.42. The largest absolute Gasteiger partial charge is 0.507 e. The van der Waals surface area contributed by atoms with Crippen LogP contribution < -0.4 is 0 Å². The molecule has 3 N–H and O–H groups in total. The Hall–Kier alpha value is -2.82. The molecule has 1 heterocycles. The maximum Gasteiger partial charge on any atom is 0.339 e. The van der Waals surface area contributed by atoms with Crippen molar-refractivity contribution in [2.45, 2.75) is 13.8 Å². The first kappa shape index (κ1) is 13.2. The molecule has 21 heavy (non-hydrogen) atoms. The molecule has 0 fully saturated rings. The van der Waals surface area contributed by atoms with Gasteiger partial charge in [0.15, 0.2) is 0 Å². The Labute approximate surface area is 120 Å².